The van der Waals surface area contributed by atoms with E-state index in [2.05, 4.69) is 0 Å². The van der Waals surface area contributed by atoms with Crippen LogP contribution >= 0.6 is 0 Å². The fraction of sp³-hybridized carbons (Fsp3) is 0.238. The van der Waals surface area contributed by atoms with Crippen molar-refractivity contribution < 1.29 is 14.3 Å². The minimum absolute atomic E-state index is 0.131. The summed E-state index contributed by atoms with van der Waals surface area (Å²) in [4.78, 5) is 25.5. The van der Waals surface area contributed by atoms with Crippen molar-refractivity contribution in [2.24, 2.45) is 5.41 Å². The van der Waals surface area contributed by atoms with Crippen LogP contribution in [0.5, 0.6) is 0 Å². The number of Topliss-reactive ketones (excluding diaryl/α,β-unsaturated/α-hetero) is 1. The van der Waals surface area contributed by atoms with Gasteiger partial charge in [-0.3, -0.25) is 9.59 Å². The standard InChI is InChI=1S/C21H20O3/c1-24-20(23)21(14-7-10-16-8-3-2-4-9-16)15-13-17-11-5-6-12-18(17)19(21)22/h2-12H,13-15H2,1H3/b10-7-. The number of methoxy groups -OCH3 is 1. The van der Waals surface area contributed by atoms with Crippen molar-refractivity contribution in [2.75, 3.05) is 7.11 Å². The Balaban J connectivity index is 1.91. The van der Waals surface area contributed by atoms with Crippen LogP contribution in [0.3, 0.4) is 0 Å². The van der Waals surface area contributed by atoms with Crippen LogP contribution in [0.25, 0.3) is 6.08 Å². The third-order valence-electron chi connectivity index (χ3n) is 4.67. The van der Waals surface area contributed by atoms with E-state index in [0.29, 0.717) is 24.8 Å². The molecule has 3 heteroatoms. The first kappa shape index (κ1) is 16.2. The van der Waals surface area contributed by atoms with Gasteiger partial charge in [-0.25, -0.2) is 0 Å². The van der Waals surface area contributed by atoms with Gasteiger partial charge >= 0.3 is 5.97 Å². The molecule has 1 aliphatic carbocycles. The van der Waals surface area contributed by atoms with Crippen molar-refractivity contribution in [1.82, 2.24) is 0 Å². The molecule has 0 aliphatic heterocycles. The molecule has 2 aromatic carbocycles. The van der Waals surface area contributed by atoms with Crippen LogP contribution in [0.15, 0.2) is 60.7 Å². The van der Waals surface area contributed by atoms with Crippen molar-refractivity contribution in [1.29, 1.82) is 0 Å². The van der Waals surface area contributed by atoms with Gasteiger partial charge < -0.3 is 4.74 Å². The number of hydrogen-bond acceptors (Lipinski definition) is 3. The van der Waals surface area contributed by atoms with Gasteiger partial charge in [0.05, 0.1) is 7.11 Å². The molecule has 0 saturated carbocycles. The highest BCUT2D eigenvalue weighted by molar-refractivity contribution is 6.14. The zero-order valence-corrected chi connectivity index (χ0v) is 13.7. The molecular formula is C21H20O3. The Morgan fingerprint density at radius 3 is 2.58 bits per heavy atom. The number of hydrogen-bond donors (Lipinski definition) is 0. The van der Waals surface area contributed by atoms with Crippen LogP contribution in [0.1, 0.15) is 34.3 Å². The van der Waals surface area contributed by atoms with Gasteiger partial charge in [0.15, 0.2) is 5.78 Å². The molecule has 122 valence electrons. The molecule has 24 heavy (non-hydrogen) atoms. The Morgan fingerprint density at radius 2 is 1.83 bits per heavy atom. The van der Waals surface area contributed by atoms with Gasteiger partial charge in [-0.15, -0.1) is 0 Å². The third kappa shape index (κ3) is 2.90. The molecule has 0 heterocycles. The van der Waals surface area contributed by atoms with E-state index in [0.717, 1.165) is 11.1 Å². The van der Waals surface area contributed by atoms with Crippen molar-refractivity contribution in [3.05, 3.63) is 77.4 Å². The molecule has 0 aromatic heterocycles. The number of esters is 1. The monoisotopic (exact) mass is 320 g/mol. The van der Waals surface area contributed by atoms with Crippen molar-refractivity contribution in [3.63, 3.8) is 0 Å². The Bertz CT molecular complexity index is 777. The van der Waals surface area contributed by atoms with E-state index >= 15 is 0 Å². The van der Waals surface area contributed by atoms with Gasteiger partial charge in [-0.1, -0.05) is 66.7 Å². The summed E-state index contributed by atoms with van der Waals surface area (Å²) in [5.41, 5.74) is 1.58. The van der Waals surface area contributed by atoms with Gasteiger partial charge in [0, 0.05) is 5.56 Å². The molecule has 0 amide bonds. The second-order valence-electron chi connectivity index (χ2n) is 6.08. The first-order valence-corrected chi connectivity index (χ1v) is 8.10. The summed E-state index contributed by atoms with van der Waals surface area (Å²) >= 11 is 0. The number of carbonyl (C=O) groups is 2. The van der Waals surface area contributed by atoms with E-state index in [4.69, 9.17) is 4.74 Å². The van der Waals surface area contributed by atoms with Crippen molar-refractivity contribution in [3.8, 4) is 0 Å². The third-order valence-corrected chi connectivity index (χ3v) is 4.67. The molecule has 3 rings (SSSR count). The molecule has 0 bridgehead atoms. The van der Waals surface area contributed by atoms with Crippen LogP contribution < -0.4 is 0 Å². The summed E-state index contributed by atoms with van der Waals surface area (Å²) in [6, 6.07) is 17.4. The highest BCUT2D eigenvalue weighted by Gasteiger charge is 2.48. The number of rotatable bonds is 4. The summed E-state index contributed by atoms with van der Waals surface area (Å²) in [5, 5.41) is 0. The molecule has 1 atom stereocenters. The minimum atomic E-state index is -1.12. The summed E-state index contributed by atoms with van der Waals surface area (Å²) in [7, 11) is 1.35. The van der Waals surface area contributed by atoms with Gasteiger partial charge in [0.2, 0.25) is 0 Å². The highest BCUT2D eigenvalue weighted by atomic mass is 16.5. The predicted octanol–water partition coefficient (Wildman–Crippen LogP) is 4.08. The normalized spacial score (nSPS) is 20.0. The maximum atomic E-state index is 13.0. The first-order chi connectivity index (χ1) is 11.7. The number of ketones is 1. The topological polar surface area (TPSA) is 43.4 Å². The Morgan fingerprint density at radius 1 is 1.12 bits per heavy atom. The van der Waals surface area contributed by atoms with Crippen LogP contribution in [0.4, 0.5) is 0 Å². The van der Waals surface area contributed by atoms with E-state index in [1.54, 1.807) is 6.07 Å². The second kappa shape index (κ2) is 6.83. The second-order valence-corrected chi connectivity index (χ2v) is 6.08. The molecule has 0 radical (unpaired) electrons. The number of ether oxygens (including phenoxy) is 1. The average molecular weight is 320 g/mol. The van der Waals surface area contributed by atoms with Gasteiger partial charge in [0.1, 0.15) is 5.41 Å². The summed E-state index contributed by atoms with van der Waals surface area (Å²) in [5.74, 6) is -0.575. The molecule has 1 unspecified atom stereocenters. The smallest absolute Gasteiger partial charge is 0.320 e. The fourth-order valence-electron chi connectivity index (χ4n) is 3.31. The molecule has 0 fully saturated rings. The van der Waals surface area contributed by atoms with Crippen LogP contribution in [0, 0.1) is 5.41 Å². The fourth-order valence-corrected chi connectivity index (χ4v) is 3.31. The quantitative estimate of drug-likeness (QED) is 0.630. The number of benzene rings is 2. The lowest BCUT2D eigenvalue weighted by Crippen LogP contribution is -2.43. The lowest BCUT2D eigenvalue weighted by atomic mass is 9.68. The lowest BCUT2D eigenvalue weighted by molar-refractivity contribution is -0.150. The predicted molar refractivity (Wildman–Crippen MR) is 93.6 cm³/mol. The first-order valence-electron chi connectivity index (χ1n) is 8.10. The summed E-state index contributed by atoms with van der Waals surface area (Å²) in [6.07, 6.45) is 5.38. The molecule has 3 nitrogen and oxygen atoms in total. The Hall–Kier alpha value is -2.68. The summed E-state index contributed by atoms with van der Waals surface area (Å²) in [6.45, 7) is 0. The molecule has 2 aromatic rings. The molecule has 0 N–H and O–H groups in total. The Kier molecular flexibility index (Phi) is 4.61. The molecule has 0 spiro atoms. The van der Waals surface area contributed by atoms with Gasteiger partial charge in [0.25, 0.3) is 0 Å². The maximum absolute atomic E-state index is 13.0. The SMILES string of the molecule is COC(=O)C1(C/C=C\c2ccccc2)CCc2ccccc2C1=O. The van der Waals surface area contributed by atoms with Crippen LogP contribution in [-0.4, -0.2) is 18.9 Å². The van der Waals surface area contributed by atoms with E-state index < -0.39 is 11.4 Å². The van der Waals surface area contributed by atoms with E-state index in [9.17, 15) is 9.59 Å². The van der Waals surface area contributed by atoms with Crippen molar-refractivity contribution >= 4 is 17.8 Å². The highest BCUT2D eigenvalue weighted by Crippen LogP contribution is 2.40. The van der Waals surface area contributed by atoms with Crippen molar-refractivity contribution in [2.45, 2.75) is 19.3 Å². The average Bonchev–Trinajstić information content (AvgIpc) is 2.64. The zero-order valence-electron chi connectivity index (χ0n) is 13.7. The maximum Gasteiger partial charge on any atom is 0.320 e. The van der Waals surface area contributed by atoms with Gasteiger partial charge in [-0.2, -0.15) is 0 Å². The molecule has 1 aliphatic rings. The number of fused-ring (bicyclic) bond motifs is 1. The number of allylic oxidation sites excluding steroid dienone is 1. The zero-order chi connectivity index (χ0) is 17.0. The lowest BCUT2D eigenvalue weighted by Gasteiger charge is -2.33. The number of carbonyl (C=O) groups excluding carboxylic acids is 2. The van der Waals surface area contributed by atoms with E-state index in [-0.39, 0.29) is 5.78 Å². The summed E-state index contributed by atoms with van der Waals surface area (Å²) < 4.78 is 4.99. The molecule has 0 saturated heterocycles. The minimum Gasteiger partial charge on any atom is -0.468 e. The van der Waals surface area contributed by atoms with Crippen LogP contribution in [-0.2, 0) is 16.0 Å². The Labute approximate surface area is 142 Å². The van der Waals surface area contributed by atoms with Gasteiger partial charge in [-0.05, 0) is 30.4 Å². The molecular weight excluding hydrogens is 300 g/mol. The van der Waals surface area contributed by atoms with Crippen LogP contribution in [0.2, 0.25) is 0 Å². The largest absolute Gasteiger partial charge is 0.468 e. The van der Waals surface area contributed by atoms with E-state index in [1.807, 2.05) is 60.7 Å². The number of aryl methyl sites for hydroxylation is 1. The van der Waals surface area contributed by atoms with E-state index in [1.165, 1.54) is 7.11 Å².